The maximum Gasteiger partial charge on any atom is 0.254 e. The molecule has 1 heterocycles. The number of aromatic nitrogens is 1. The molecule has 0 N–H and O–H groups in total. The number of carbonyl (C=O) groups is 1. The summed E-state index contributed by atoms with van der Waals surface area (Å²) in [5.74, 6) is 2.21. The van der Waals surface area contributed by atoms with E-state index in [9.17, 15) is 4.79 Å². The van der Waals surface area contributed by atoms with Crippen molar-refractivity contribution < 1.29 is 23.7 Å². The molecule has 1 aromatic heterocycles. The minimum atomic E-state index is -0.142. The predicted molar refractivity (Wildman–Crippen MR) is 122 cm³/mol. The number of rotatable bonds is 10. The number of nitrogens with zero attached hydrogens (tertiary/aromatic N) is 2. The minimum Gasteiger partial charge on any atom is -0.493 e. The number of para-hydroxylation sites is 1. The molecule has 32 heavy (non-hydrogen) atoms. The highest BCUT2D eigenvalue weighted by Gasteiger charge is 2.18. The third-order valence-corrected chi connectivity index (χ3v) is 4.87. The van der Waals surface area contributed by atoms with Crippen LogP contribution < -0.4 is 18.9 Å². The second kappa shape index (κ2) is 11.0. The third-order valence-electron chi connectivity index (χ3n) is 4.87. The molecule has 0 spiro atoms. The zero-order valence-electron chi connectivity index (χ0n) is 18.8. The fourth-order valence-electron chi connectivity index (χ4n) is 3.29. The molecule has 0 aliphatic carbocycles. The van der Waals surface area contributed by atoms with E-state index >= 15 is 0 Å². The Labute approximate surface area is 188 Å². The lowest BCUT2D eigenvalue weighted by atomic mass is 10.1. The van der Waals surface area contributed by atoms with Gasteiger partial charge >= 0.3 is 0 Å². The highest BCUT2D eigenvalue weighted by Crippen LogP contribution is 2.32. The second-order valence-electron chi connectivity index (χ2n) is 7.05. The van der Waals surface area contributed by atoms with Gasteiger partial charge < -0.3 is 23.8 Å². The van der Waals surface area contributed by atoms with E-state index in [2.05, 4.69) is 4.98 Å². The predicted octanol–water partition coefficient (Wildman–Crippen LogP) is 4.35. The fraction of sp³-hybridized carbons (Fsp3) is 0.280. The summed E-state index contributed by atoms with van der Waals surface area (Å²) in [6.45, 7) is 3.09. The van der Waals surface area contributed by atoms with Crippen molar-refractivity contribution in [2.45, 2.75) is 20.1 Å². The van der Waals surface area contributed by atoms with E-state index in [1.54, 1.807) is 56.8 Å². The molecule has 168 valence electrons. The molecule has 0 radical (unpaired) electrons. The summed E-state index contributed by atoms with van der Waals surface area (Å²) in [6, 6.07) is 14.6. The van der Waals surface area contributed by atoms with Gasteiger partial charge in [-0.1, -0.05) is 12.1 Å². The lowest BCUT2D eigenvalue weighted by molar-refractivity contribution is 0.0783. The van der Waals surface area contributed by atoms with Crippen LogP contribution in [0, 0.1) is 0 Å². The maximum absolute atomic E-state index is 13.1. The van der Waals surface area contributed by atoms with Crippen molar-refractivity contribution >= 4 is 5.91 Å². The first-order chi connectivity index (χ1) is 15.6. The normalized spacial score (nSPS) is 10.4. The Hall–Kier alpha value is -3.74. The lowest BCUT2D eigenvalue weighted by Gasteiger charge is -2.21. The zero-order chi connectivity index (χ0) is 22.9. The summed E-state index contributed by atoms with van der Waals surface area (Å²) in [5, 5.41) is 0. The number of pyridine rings is 1. The fourth-order valence-corrected chi connectivity index (χ4v) is 3.29. The molecular weight excluding hydrogens is 408 g/mol. The zero-order valence-corrected chi connectivity index (χ0v) is 18.8. The molecule has 0 bridgehead atoms. The maximum atomic E-state index is 13.1. The second-order valence-corrected chi connectivity index (χ2v) is 7.05. The van der Waals surface area contributed by atoms with E-state index < -0.39 is 0 Å². The Morgan fingerprint density at radius 2 is 1.72 bits per heavy atom. The summed E-state index contributed by atoms with van der Waals surface area (Å²) in [5.41, 5.74) is 2.36. The summed E-state index contributed by atoms with van der Waals surface area (Å²) < 4.78 is 22.5. The first-order valence-electron chi connectivity index (χ1n) is 10.3. The molecule has 0 atom stereocenters. The van der Waals surface area contributed by atoms with Crippen molar-refractivity contribution in [3.8, 4) is 23.0 Å². The van der Waals surface area contributed by atoms with Crippen molar-refractivity contribution in [1.82, 2.24) is 9.88 Å². The number of hydrogen-bond acceptors (Lipinski definition) is 6. The van der Waals surface area contributed by atoms with E-state index in [0.29, 0.717) is 48.3 Å². The Morgan fingerprint density at radius 3 is 2.41 bits per heavy atom. The number of carbonyl (C=O) groups excluding carboxylic acids is 1. The van der Waals surface area contributed by atoms with Gasteiger partial charge in [0, 0.05) is 37.1 Å². The Balaban J connectivity index is 1.76. The van der Waals surface area contributed by atoms with Gasteiger partial charge in [0.05, 0.1) is 20.8 Å². The van der Waals surface area contributed by atoms with Crippen molar-refractivity contribution in [2.24, 2.45) is 0 Å². The van der Waals surface area contributed by atoms with Crippen LogP contribution in [0.1, 0.15) is 28.4 Å². The summed E-state index contributed by atoms with van der Waals surface area (Å²) in [7, 11) is 4.92. The first-order valence-corrected chi connectivity index (χ1v) is 10.3. The van der Waals surface area contributed by atoms with E-state index in [1.807, 2.05) is 37.3 Å². The third kappa shape index (κ3) is 5.49. The molecule has 7 nitrogen and oxygen atoms in total. The van der Waals surface area contributed by atoms with E-state index in [1.165, 1.54) is 0 Å². The van der Waals surface area contributed by atoms with Crippen LogP contribution in [0.4, 0.5) is 0 Å². The smallest absolute Gasteiger partial charge is 0.254 e. The Morgan fingerprint density at radius 1 is 0.938 bits per heavy atom. The van der Waals surface area contributed by atoms with Gasteiger partial charge in [-0.25, -0.2) is 0 Å². The van der Waals surface area contributed by atoms with Crippen molar-refractivity contribution in [2.75, 3.05) is 27.9 Å². The standard InChI is InChI=1S/C25H28N2O5/c1-5-31-23-15-19(9-10-21(23)32-17-18-11-13-26-14-12-18)25(28)27(2)16-20-7-6-8-22(29-3)24(20)30-4/h6-15H,5,16-17H2,1-4H3. The molecule has 3 rings (SSSR count). The Bertz CT molecular complexity index is 1040. The summed E-state index contributed by atoms with van der Waals surface area (Å²) >= 11 is 0. The SMILES string of the molecule is CCOc1cc(C(=O)N(C)Cc2cccc(OC)c2OC)ccc1OCc1ccncc1. The average molecular weight is 437 g/mol. The van der Waals surface area contributed by atoms with Crippen LogP contribution in [0.25, 0.3) is 0 Å². The van der Waals surface area contributed by atoms with Gasteiger partial charge in [0.1, 0.15) is 6.61 Å². The summed E-state index contributed by atoms with van der Waals surface area (Å²) in [6.07, 6.45) is 3.44. The molecule has 1 amide bonds. The largest absolute Gasteiger partial charge is 0.493 e. The molecule has 0 saturated carbocycles. The van der Waals surface area contributed by atoms with Gasteiger partial charge in [-0.05, 0) is 48.9 Å². The molecule has 0 aliphatic heterocycles. The van der Waals surface area contributed by atoms with Crippen molar-refractivity contribution in [1.29, 1.82) is 0 Å². The van der Waals surface area contributed by atoms with Gasteiger partial charge in [0.25, 0.3) is 5.91 Å². The number of ether oxygens (including phenoxy) is 4. The molecular formula is C25H28N2O5. The van der Waals surface area contributed by atoms with Gasteiger partial charge in [-0.2, -0.15) is 0 Å². The van der Waals surface area contributed by atoms with Crippen molar-refractivity contribution in [3.63, 3.8) is 0 Å². The van der Waals surface area contributed by atoms with Gasteiger partial charge in [0.15, 0.2) is 23.0 Å². The molecule has 3 aromatic rings. The molecule has 0 fully saturated rings. The highest BCUT2D eigenvalue weighted by atomic mass is 16.5. The van der Waals surface area contributed by atoms with Gasteiger partial charge in [-0.15, -0.1) is 0 Å². The monoisotopic (exact) mass is 436 g/mol. The van der Waals surface area contributed by atoms with Crippen molar-refractivity contribution in [3.05, 3.63) is 77.6 Å². The van der Waals surface area contributed by atoms with Crippen LogP contribution in [0.2, 0.25) is 0 Å². The minimum absolute atomic E-state index is 0.142. The molecule has 7 heteroatoms. The highest BCUT2D eigenvalue weighted by molar-refractivity contribution is 5.94. The van der Waals surface area contributed by atoms with Gasteiger partial charge in [-0.3, -0.25) is 9.78 Å². The topological polar surface area (TPSA) is 70.1 Å². The number of amides is 1. The molecule has 0 saturated heterocycles. The van der Waals surface area contributed by atoms with Crippen LogP contribution in [0.15, 0.2) is 60.9 Å². The molecule has 2 aromatic carbocycles. The van der Waals surface area contributed by atoms with E-state index in [4.69, 9.17) is 18.9 Å². The van der Waals surface area contributed by atoms with Crippen LogP contribution >= 0.6 is 0 Å². The number of methoxy groups -OCH3 is 2. The van der Waals surface area contributed by atoms with Gasteiger partial charge in [0.2, 0.25) is 0 Å². The average Bonchev–Trinajstić information content (AvgIpc) is 2.83. The van der Waals surface area contributed by atoms with E-state index in [0.717, 1.165) is 11.1 Å². The van der Waals surface area contributed by atoms with Crippen LogP contribution in [0.5, 0.6) is 23.0 Å². The van der Waals surface area contributed by atoms with Crippen LogP contribution in [-0.4, -0.2) is 43.7 Å². The molecule has 0 aliphatic rings. The first kappa shape index (κ1) is 22.9. The van der Waals surface area contributed by atoms with Crippen LogP contribution in [0.3, 0.4) is 0 Å². The number of benzene rings is 2. The molecule has 0 unspecified atom stereocenters. The van der Waals surface area contributed by atoms with Crippen LogP contribution in [-0.2, 0) is 13.2 Å². The van der Waals surface area contributed by atoms with E-state index in [-0.39, 0.29) is 5.91 Å². The quantitative estimate of drug-likeness (QED) is 0.471. The Kier molecular flexibility index (Phi) is 7.91. The number of hydrogen-bond donors (Lipinski definition) is 0. The lowest BCUT2D eigenvalue weighted by Crippen LogP contribution is -2.26. The summed E-state index contributed by atoms with van der Waals surface area (Å²) in [4.78, 5) is 18.7.